The second kappa shape index (κ2) is 5.40. The lowest BCUT2D eigenvalue weighted by molar-refractivity contribution is 0.100. The molecule has 0 atom stereocenters. The summed E-state index contributed by atoms with van der Waals surface area (Å²) in [6, 6.07) is 2.11. The lowest BCUT2D eigenvalue weighted by Crippen LogP contribution is -2.33. The van der Waals surface area contributed by atoms with Crippen LogP contribution in [0.3, 0.4) is 0 Å². The number of hydrogen-bond acceptors (Lipinski definition) is 6. The zero-order chi connectivity index (χ0) is 15.7. The van der Waals surface area contributed by atoms with Gasteiger partial charge in [-0.15, -0.1) is 0 Å². The van der Waals surface area contributed by atoms with Crippen LogP contribution < -0.4 is 22.6 Å². The predicted octanol–water partition coefficient (Wildman–Crippen LogP) is -0.560. The average molecular weight is 311 g/mol. The van der Waals surface area contributed by atoms with Crippen molar-refractivity contribution in [2.24, 2.45) is 12.8 Å². The van der Waals surface area contributed by atoms with Gasteiger partial charge in [0.05, 0.1) is 10.5 Å². The molecule has 0 fully saturated rings. The van der Waals surface area contributed by atoms with Crippen LogP contribution >= 0.6 is 11.8 Å². The predicted molar refractivity (Wildman–Crippen MR) is 73.6 cm³/mol. The first-order valence-electron chi connectivity index (χ1n) is 5.53. The highest BCUT2D eigenvalue weighted by atomic mass is 32.2. The van der Waals surface area contributed by atoms with Crippen molar-refractivity contribution in [3.8, 4) is 0 Å². The Morgan fingerprint density at radius 3 is 2.71 bits per heavy atom. The third kappa shape index (κ3) is 2.94. The van der Waals surface area contributed by atoms with Crippen molar-refractivity contribution in [3.05, 3.63) is 44.2 Å². The summed E-state index contributed by atoms with van der Waals surface area (Å²) in [6.45, 7) is 0. The number of nitrogen functional groups attached to an aromatic ring is 1. The van der Waals surface area contributed by atoms with Crippen LogP contribution in [0.25, 0.3) is 0 Å². The van der Waals surface area contributed by atoms with Gasteiger partial charge in [0.1, 0.15) is 5.82 Å². The van der Waals surface area contributed by atoms with E-state index in [4.69, 9.17) is 11.5 Å². The third-order valence-electron chi connectivity index (χ3n) is 2.52. The van der Waals surface area contributed by atoms with E-state index in [0.717, 1.165) is 28.6 Å². The number of nitrogens with two attached hydrogens (primary N) is 2. The number of hydrogen-bond donors (Lipinski definition) is 3. The quantitative estimate of drug-likeness (QED) is 0.513. The molecular weight excluding hydrogens is 301 g/mol. The van der Waals surface area contributed by atoms with Gasteiger partial charge in [0.25, 0.3) is 5.91 Å². The number of aromatic amines is 1. The van der Waals surface area contributed by atoms with Crippen LogP contribution in [0, 0.1) is 5.82 Å². The zero-order valence-electron chi connectivity index (χ0n) is 10.7. The smallest absolute Gasteiger partial charge is 0.339 e. The molecule has 2 rings (SSSR count). The van der Waals surface area contributed by atoms with Crippen LogP contribution in [0.1, 0.15) is 10.4 Å². The van der Waals surface area contributed by atoms with E-state index in [-0.39, 0.29) is 21.3 Å². The second-order valence-electron chi connectivity index (χ2n) is 4.04. The van der Waals surface area contributed by atoms with Gasteiger partial charge in [-0.05, 0) is 23.9 Å². The van der Waals surface area contributed by atoms with Crippen molar-refractivity contribution in [1.29, 1.82) is 0 Å². The van der Waals surface area contributed by atoms with E-state index < -0.39 is 22.8 Å². The number of carbonyl (C=O) groups is 1. The van der Waals surface area contributed by atoms with Crippen LogP contribution in [-0.4, -0.2) is 20.7 Å². The molecule has 0 aliphatic heterocycles. The van der Waals surface area contributed by atoms with E-state index in [0.29, 0.717) is 0 Å². The summed E-state index contributed by atoms with van der Waals surface area (Å²) in [4.78, 5) is 37.0. The molecule has 0 saturated carbocycles. The fraction of sp³-hybridized carbons (Fsp3) is 0.0909. The maximum absolute atomic E-state index is 13.9. The average Bonchev–Trinajstić information content (AvgIpc) is 2.38. The molecule has 8 nitrogen and oxygen atoms in total. The van der Waals surface area contributed by atoms with Crippen LogP contribution in [0.2, 0.25) is 0 Å². The number of nitrogens with one attached hydrogen (secondary N) is 1. The van der Waals surface area contributed by atoms with E-state index in [2.05, 4.69) is 10.1 Å². The molecule has 1 aromatic heterocycles. The molecule has 2 aromatic rings. The summed E-state index contributed by atoms with van der Waals surface area (Å²) in [5.41, 5.74) is 8.59. The van der Waals surface area contributed by atoms with Gasteiger partial charge in [0.15, 0.2) is 5.16 Å². The van der Waals surface area contributed by atoms with Gasteiger partial charge in [-0.3, -0.25) is 24.2 Å². The van der Waals surface area contributed by atoms with Crippen molar-refractivity contribution in [2.45, 2.75) is 10.1 Å². The minimum atomic E-state index is -0.999. The Kier molecular flexibility index (Phi) is 3.80. The molecule has 21 heavy (non-hydrogen) atoms. The Morgan fingerprint density at radius 2 is 2.10 bits per heavy atom. The summed E-state index contributed by atoms with van der Waals surface area (Å²) in [5.74, 6) is -1.51. The van der Waals surface area contributed by atoms with Gasteiger partial charge < -0.3 is 11.5 Å². The highest BCUT2D eigenvalue weighted by molar-refractivity contribution is 7.99. The Hall–Kier alpha value is -2.62. The molecule has 1 heterocycles. The molecule has 0 aliphatic carbocycles. The van der Waals surface area contributed by atoms with E-state index in [1.54, 1.807) is 0 Å². The number of benzene rings is 1. The van der Waals surface area contributed by atoms with E-state index >= 15 is 0 Å². The van der Waals surface area contributed by atoms with Gasteiger partial charge >= 0.3 is 11.1 Å². The molecule has 0 unspecified atom stereocenters. The van der Waals surface area contributed by atoms with Crippen molar-refractivity contribution < 1.29 is 9.18 Å². The Bertz CT molecular complexity index is 845. The molecule has 0 radical (unpaired) electrons. The highest BCUT2D eigenvalue weighted by Crippen LogP contribution is 2.30. The summed E-state index contributed by atoms with van der Waals surface area (Å²) < 4.78 is 15.0. The number of anilines is 1. The van der Waals surface area contributed by atoms with Crippen molar-refractivity contribution in [1.82, 2.24) is 14.8 Å². The van der Waals surface area contributed by atoms with Crippen LogP contribution in [-0.2, 0) is 7.05 Å². The lowest BCUT2D eigenvalue weighted by Gasteiger charge is -2.09. The molecule has 0 saturated heterocycles. The number of H-pyrrole nitrogens is 1. The maximum atomic E-state index is 13.9. The second-order valence-corrected chi connectivity index (χ2v) is 5.04. The number of aromatic nitrogens is 3. The van der Waals surface area contributed by atoms with Gasteiger partial charge in [0.2, 0.25) is 0 Å². The van der Waals surface area contributed by atoms with Crippen molar-refractivity contribution >= 4 is 23.4 Å². The summed E-state index contributed by atoms with van der Waals surface area (Å²) in [5, 5.41) is 2.26. The Morgan fingerprint density at radius 1 is 1.43 bits per heavy atom. The molecule has 110 valence electrons. The standard InChI is InChI=1S/C11H10FN5O3S/c1-17-11(15-9(19)10(20)16-17)21-7-2-4(8(14)18)6(13)3-5(7)12/h2-3H,13H2,1H3,(H2,14,18)(H,16,20). The molecule has 1 aromatic carbocycles. The van der Waals surface area contributed by atoms with Gasteiger partial charge in [-0.2, -0.15) is 4.98 Å². The monoisotopic (exact) mass is 311 g/mol. The SMILES string of the molecule is Cn1[nH]c(=O)c(=O)nc1Sc1cc(C(N)=O)c(N)cc1F. The van der Waals surface area contributed by atoms with Gasteiger partial charge in [-0.1, -0.05) is 0 Å². The topological polar surface area (TPSA) is 137 Å². The summed E-state index contributed by atoms with van der Waals surface area (Å²) in [7, 11) is 1.43. The molecular formula is C11H10FN5O3S. The maximum Gasteiger partial charge on any atom is 0.339 e. The van der Waals surface area contributed by atoms with Gasteiger partial charge in [0, 0.05) is 12.7 Å². The molecule has 1 amide bonds. The normalized spacial score (nSPS) is 10.6. The lowest BCUT2D eigenvalue weighted by atomic mass is 10.1. The number of carbonyl (C=O) groups excluding carboxylic acids is 1. The minimum Gasteiger partial charge on any atom is -0.398 e. The summed E-state index contributed by atoms with van der Waals surface area (Å²) >= 11 is 0.747. The fourth-order valence-electron chi connectivity index (χ4n) is 1.51. The number of primary amides is 1. The molecule has 0 aliphatic rings. The molecule has 0 spiro atoms. The van der Waals surface area contributed by atoms with Crippen LogP contribution in [0.15, 0.2) is 31.8 Å². The van der Waals surface area contributed by atoms with Crippen LogP contribution in [0.5, 0.6) is 0 Å². The first-order chi connectivity index (χ1) is 9.79. The van der Waals surface area contributed by atoms with E-state index in [9.17, 15) is 18.8 Å². The zero-order valence-corrected chi connectivity index (χ0v) is 11.5. The Balaban J connectivity index is 2.52. The fourth-order valence-corrected chi connectivity index (χ4v) is 2.35. The van der Waals surface area contributed by atoms with Gasteiger partial charge in [-0.25, -0.2) is 4.39 Å². The number of rotatable bonds is 3. The van der Waals surface area contributed by atoms with Crippen molar-refractivity contribution in [2.75, 3.05) is 5.73 Å². The van der Waals surface area contributed by atoms with E-state index in [1.807, 2.05) is 0 Å². The number of halogens is 1. The first kappa shape index (κ1) is 14.8. The van der Waals surface area contributed by atoms with E-state index in [1.165, 1.54) is 7.05 Å². The molecule has 10 heteroatoms. The highest BCUT2D eigenvalue weighted by Gasteiger charge is 2.15. The third-order valence-corrected chi connectivity index (χ3v) is 3.60. The number of nitrogens with zero attached hydrogens (tertiary/aromatic N) is 2. The number of amides is 1. The first-order valence-corrected chi connectivity index (χ1v) is 6.35. The number of aryl methyl sites for hydroxylation is 1. The Labute approximate surface area is 121 Å². The molecule has 0 bridgehead atoms. The molecule has 5 N–H and O–H groups in total. The largest absolute Gasteiger partial charge is 0.398 e. The minimum absolute atomic E-state index is 0.00690. The summed E-state index contributed by atoms with van der Waals surface area (Å²) in [6.07, 6.45) is 0. The van der Waals surface area contributed by atoms with Crippen LogP contribution in [0.4, 0.5) is 10.1 Å². The van der Waals surface area contributed by atoms with Crippen molar-refractivity contribution in [3.63, 3.8) is 0 Å².